The Morgan fingerprint density at radius 1 is 1.24 bits per heavy atom. The van der Waals surface area contributed by atoms with Gasteiger partial charge in [-0.3, -0.25) is 19.4 Å². The highest BCUT2D eigenvalue weighted by Gasteiger charge is 2.24. The molecule has 0 aromatic heterocycles. The highest BCUT2D eigenvalue weighted by molar-refractivity contribution is 5.97. The van der Waals surface area contributed by atoms with Crippen molar-refractivity contribution < 1.29 is 14.3 Å². The first-order valence-corrected chi connectivity index (χ1v) is 8.67. The van der Waals surface area contributed by atoms with Crippen LogP contribution in [0.25, 0.3) is 0 Å². The van der Waals surface area contributed by atoms with E-state index in [4.69, 9.17) is 4.74 Å². The Morgan fingerprint density at radius 3 is 2.60 bits per heavy atom. The van der Waals surface area contributed by atoms with Crippen LogP contribution < -0.4 is 10.1 Å². The lowest BCUT2D eigenvalue weighted by molar-refractivity contribution is -0.130. The van der Waals surface area contributed by atoms with E-state index < -0.39 is 6.10 Å². The SMILES string of the molecule is CC1Oc2ccc(CN3CCN(CC(=O)N(C)C)CC3)cc2NC1=O. The highest BCUT2D eigenvalue weighted by Crippen LogP contribution is 2.30. The molecule has 2 heterocycles. The van der Waals surface area contributed by atoms with Gasteiger partial charge in [0.2, 0.25) is 5.91 Å². The fourth-order valence-electron chi connectivity index (χ4n) is 3.05. The van der Waals surface area contributed by atoms with Crippen molar-refractivity contribution in [1.29, 1.82) is 0 Å². The van der Waals surface area contributed by atoms with Gasteiger partial charge in [-0.1, -0.05) is 6.07 Å². The summed E-state index contributed by atoms with van der Waals surface area (Å²) in [5, 5.41) is 2.89. The second-order valence-corrected chi connectivity index (χ2v) is 6.92. The molecular weight excluding hydrogens is 320 g/mol. The molecule has 1 atom stereocenters. The van der Waals surface area contributed by atoms with Gasteiger partial charge in [-0.05, 0) is 24.6 Å². The van der Waals surface area contributed by atoms with Crippen LogP contribution in [-0.4, -0.2) is 79.4 Å². The van der Waals surface area contributed by atoms with E-state index in [0.29, 0.717) is 6.54 Å². The molecule has 0 aliphatic carbocycles. The van der Waals surface area contributed by atoms with Crippen LogP contribution >= 0.6 is 0 Å². The number of nitrogens with zero attached hydrogens (tertiary/aromatic N) is 3. The van der Waals surface area contributed by atoms with E-state index in [-0.39, 0.29) is 11.8 Å². The fourth-order valence-corrected chi connectivity index (χ4v) is 3.05. The van der Waals surface area contributed by atoms with E-state index >= 15 is 0 Å². The molecule has 3 rings (SSSR count). The first-order valence-electron chi connectivity index (χ1n) is 8.67. The molecule has 1 N–H and O–H groups in total. The minimum atomic E-state index is -0.448. The summed E-state index contributed by atoms with van der Waals surface area (Å²) in [6.45, 7) is 6.70. The number of ether oxygens (including phenoxy) is 1. The van der Waals surface area contributed by atoms with Gasteiger partial charge >= 0.3 is 0 Å². The predicted molar refractivity (Wildman–Crippen MR) is 95.6 cm³/mol. The molecule has 2 amide bonds. The number of likely N-dealkylation sites (N-methyl/N-ethyl adjacent to an activating group) is 1. The predicted octanol–water partition coefficient (Wildman–Crippen LogP) is 0.612. The molecule has 2 aliphatic heterocycles. The number of fused-ring (bicyclic) bond motifs is 1. The molecule has 7 nitrogen and oxygen atoms in total. The zero-order chi connectivity index (χ0) is 18.0. The number of hydrogen-bond donors (Lipinski definition) is 1. The Hall–Kier alpha value is -2.12. The van der Waals surface area contributed by atoms with Crippen molar-refractivity contribution in [3.63, 3.8) is 0 Å². The van der Waals surface area contributed by atoms with Crippen LogP contribution in [0.3, 0.4) is 0 Å². The minimum absolute atomic E-state index is 0.108. The maximum Gasteiger partial charge on any atom is 0.265 e. The van der Waals surface area contributed by atoms with Crippen LogP contribution in [0.2, 0.25) is 0 Å². The maximum atomic E-state index is 11.8. The van der Waals surface area contributed by atoms with E-state index in [0.717, 1.165) is 49.7 Å². The van der Waals surface area contributed by atoms with Gasteiger partial charge in [0.25, 0.3) is 5.91 Å². The van der Waals surface area contributed by atoms with Crippen LogP contribution in [0.5, 0.6) is 5.75 Å². The quantitative estimate of drug-likeness (QED) is 0.865. The number of benzene rings is 1. The van der Waals surface area contributed by atoms with Crippen molar-refractivity contribution in [3.8, 4) is 5.75 Å². The van der Waals surface area contributed by atoms with E-state index in [9.17, 15) is 9.59 Å². The van der Waals surface area contributed by atoms with E-state index in [1.54, 1.807) is 25.9 Å². The van der Waals surface area contributed by atoms with Crippen molar-refractivity contribution >= 4 is 17.5 Å². The van der Waals surface area contributed by atoms with Crippen LogP contribution in [0.4, 0.5) is 5.69 Å². The van der Waals surface area contributed by atoms with Gasteiger partial charge in [-0.2, -0.15) is 0 Å². The first-order chi connectivity index (χ1) is 11.9. The molecule has 1 unspecified atom stereocenters. The summed E-state index contributed by atoms with van der Waals surface area (Å²) in [7, 11) is 3.58. The summed E-state index contributed by atoms with van der Waals surface area (Å²) in [5.74, 6) is 0.764. The molecule has 1 aromatic carbocycles. The Kier molecular flexibility index (Phi) is 5.24. The van der Waals surface area contributed by atoms with Crippen molar-refractivity contribution in [3.05, 3.63) is 23.8 Å². The van der Waals surface area contributed by atoms with Crippen molar-refractivity contribution in [2.24, 2.45) is 0 Å². The topological polar surface area (TPSA) is 65.1 Å². The lowest BCUT2D eigenvalue weighted by atomic mass is 10.1. The van der Waals surface area contributed by atoms with Crippen molar-refractivity contribution in [2.75, 3.05) is 52.1 Å². The molecule has 7 heteroatoms. The van der Waals surface area contributed by atoms with Crippen molar-refractivity contribution in [2.45, 2.75) is 19.6 Å². The van der Waals surface area contributed by atoms with Gasteiger partial charge in [-0.25, -0.2) is 0 Å². The largest absolute Gasteiger partial charge is 0.479 e. The molecule has 25 heavy (non-hydrogen) atoms. The summed E-state index contributed by atoms with van der Waals surface area (Å²) >= 11 is 0. The number of piperazine rings is 1. The number of rotatable bonds is 4. The van der Waals surface area contributed by atoms with Gasteiger partial charge in [0.15, 0.2) is 6.10 Å². The molecular formula is C18H26N4O3. The monoisotopic (exact) mass is 346 g/mol. The molecule has 1 aromatic rings. The summed E-state index contributed by atoms with van der Waals surface area (Å²) in [6, 6.07) is 5.96. The van der Waals surface area contributed by atoms with Gasteiger partial charge in [0.1, 0.15) is 5.75 Å². The molecule has 136 valence electrons. The fraction of sp³-hybridized carbons (Fsp3) is 0.556. The number of nitrogens with one attached hydrogen (secondary N) is 1. The number of carbonyl (C=O) groups excluding carboxylic acids is 2. The van der Waals surface area contributed by atoms with Gasteiger partial charge in [0, 0.05) is 46.8 Å². The van der Waals surface area contributed by atoms with Gasteiger partial charge in [0.05, 0.1) is 12.2 Å². The molecule has 1 fully saturated rings. The second kappa shape index (κ2) is 7.41. The molecule has 0 spiro atoms. The Balaban J connectivity index is 1.54. The van der Waals surface area contributed by atoms with Gasteiger partial charge in [-0.15, -0.1) is 0 Å². The summed E-state index contributed by atoms with van der Waals surface area (Å²) in [6.07, 6.45) is -0.448. The zero-order valence-corrected chi connectivity index (χ0v) is 15.1. The third-order valence-electron chi connectivity index (χ3n) is 4.70. The highest BCUT2D eigenvalue weighted by atomic mass is 16.5. The molecule has 1 saturated heterocycles. The minimum Gasteiger partial charge on any atom is -0.479 e. The summed E-state index contributed by atoms with van der Waals surface area (Å²) in [4.78, 5) is 29.7. The standard InChI is InChI=1S/C18H26N4O3/c1-13-18(24)19-15-10-14(4-5-16(15)25-13)11-21-6-8-22(9-7-21)12-17(23)20(2)3/h4-5,10,13H,6-9,11-12H2,1-3H3,(H,19,24). The third kappa shape index (κ3) is 4.29. The maximum absolute atomic E-state index is 11.8. The van der Waals surface area contributed by atoms with Crippen molar-refractivity contribution in [1.82, 2.24) is 14.7 Å². The van der Waals surface area contributed by atoms with Crippen LogP contribution in [0.1, 0.15) is 12.5 Å². The molecule has 0 radical (unpaired) electrons. The Bertz CT molecular complexity index is 654. The molecule has 0 saturated carbocycles. The Morgan fingerprint density at radius 2 is 1.92 bits per heavy atom. The van der Waals surface area contributed by atoms with E-state index in [2.05, 4.69) is 15.1 Å². The van der Waals surface area contributed by atoms with Crippen LogP contribution in [0.15, 0.2) is 18.2 Å². The lowest BCUT2D eigenvalue weighted by Crippen LogP contribution is -2.48. The average Bonchev–Trinajstić information content (AvgIpc) is 2.58. The zero-order valence-electron chi connectivity index (χ0n) is 15.1. The first kappa shape index (κ1) is 17.7. The summed E-state index contributed by atoms with van der Waals surface area (Å²) in [5.41, 5.74) is 1.89. The van der Waals surface area contributed by atoms with Gasteiger partial charge < -0.3 is 15.0 Å². The lowest BCUT2D eigenvalue weighted by Gasteiger charge is -2.35. The molecule has 0 bridgehead atoms. The number of hydrogen-bond acceptors (Lipinski definition) is 5. The third-order valence-corrected chi connectivity index (χ3v) is 4.70. The smallest absolute Gasteiger partial charge is 0.265 e. The van der Waals surface area contributed by atoms with Crippen LogP contribution in [-0.2, 0) is 16.1 Å². The van der Waals surface area contributed by atoms with Crippen LogP contribution in [0, 0.1) is 0 Å². The molecule has 2 aliphatic rings. The number of amides is 2. The average molecular weight is 346 g/mol. The number of carbonyl (C=O) groups is 2. The normalized spacial score (nSPS) is 21.2. The summed E-state index contributed by atoms with van der Waals surface area (Å²) < 4.78 is 5.59. The second-order valence-electron chi connectivity index (χ2n) is 6.92. The van der Waals surface area contributed by atoms with E-state index in [1.165, 1.54) is 0 Å². The Labute approximate surface area is 148 Å². The van der Waals surface area contributed by atoms with E-state index in [1.807, 2.05) is 18.2 Å². The number of anilines is 1.